The first-order chi connectivity index (χ1) is 8.61. The zero-order valence-electron chi connectivity index (χ0n) is 11.4. The minimum atomic E-state index is 0.903. The van der Waals surface area contributed by atoms with Gasteiger partial charge in [-0.05, 0) is 55.7 Å². The normalized spacial score (nSPS) is 10.2. The molecule has 0 bridgehead atoms. The Bertz CT molecular complexity index is 538. The van der Waals surface area contributed by atoms with E-state index in [-0.39, 0.29) is 0 Å². The van der Waals surface area contributed by atoms with Crippen LogP contribution in [0.3, 0.4) is 0 Å². The standard InChI is InChI=1S/C16H19NO/c1-11-7-5-6-8-15(11)17-16-12(2)9-14(18-4)10-13(16)3/h5-10,17H,1-4H3. The van der Waals surface area contributed by atoms with Crippen LogP contribution in [0.4, 0.5) is 11.4 Å². The Morgan fingerprint density at radius 1 is 0.889 bits per heavy atom. The smallest absolute Gasteiger partial charge is 0.119 e. The van der Waals surface area contributed by atoms with Crippen LogP contribution >= 0.6 is 0 Å². The average molecular weight is 241 g/mol. The monoisotopic (exact) mass is 241 g/mol. The molecule has 0 saturated carbocycles. The summed E-state index contributed by atoms with van der Waals surface area (Å²) in [5.74, 6) is 0.903. The predicted octanol–water partition coefficient (Wildman–Crippen LogP) is 4.36. The summed E-state index contributed by atoms with van der Waals surface area (Å²) < 4.78 is 5.28. The molecule has 0 radical (unpaired) electrons. The van der Waals surface area contributed by atoms with Crippen molar-refractivity contribution in [2.24, 2.45) is 0 Å². The van der Waals surface area contributed by atoms with Gasteiger partial charge in [0.15, 0.2) is 0 Å². The number of hydrogen-bond donors (Lipinski definition) is 1. The third-order valence-corrected chi connectivity index (χ3v) is 3.15. The number of rotatable bonds is 3. The minimum Gasteiger partial charge on any atom is -0.497 e. The molecule has 0 aliphatic rings. The first-order valence-corrected chi connectivity index (χ1v) is 6.09. The fraction of sp³-hybridized carbons (Fsp3) is 0.250. The Morgan fingerprint density at radius 2 is 1.50 bits per heavy atom. The molecule has 2 aromatic rings. The fourth-order valence-corrected chi connectivity index (χ4v) is 2.09. The van der Waals surface area contributed by atoms with Crippen LogP contribution in [0.25, 0.3) is 0 Å². The number of ether oxygens (including phenoxy) is 1. The third-order valence-electron chi connectivity index (χ3n) is 3.15. The van der Waals surface area contributed by atoms with Crippen LogP contribution in [0.2, 0.25) is 0 Å². The van der Waals surface area contributed by atoms with E-state index in [0.717, 1.165) is 17.1 Å². The van der Waals surface area contributed by atoms with Crippen molar-refractivity contribution in [3.05, 3.63) is 53.1 Å². The third kappa shape index (κ3) is 2.48. The lowest BCUT2D eigenvalue weighted by molar-refractivity contribution is 0.414. The Morgan fingerprint density at radius 3 is 2.06 bits per heavy atom. The summed E-state index contributed by atoms with van der Waals surface area (Å²) in [5.41, 5.74) is 5.93. The van der Waals surface area contributed by atoms with Gasteiger partial charge in [-0.15, -0.1) is 0 Å². The second-order valence-corrected chi connectivity index (χ2v) is 4.58. The molecule has 0 aromatic heterocycles. The maximum atomic E-state index is 5.28. The highest BCUT2D eigenvalue weighted by Crippen LogP contribution is 2.29. The number of hydrogen-bond acceptors (Lipinski definition) is 2. The molecule has 0 amide bonds. The average Bonchev–Trinajstić information content (AvgIpc) is 2.35. The van der Waals surface area contributed by atoms with E-state index in [4.69, 9.17) is 4.74 Å². The second-order valence-electron chi connectivity index (χ2n) is 4.58. The number of methoxy groups -OCH3 is 1. The SMILES string of the molecule is COc1cc(C)c(Nc2ccccc2C)c(C)c1. The minimum absolute atomic E-state index is 0.903. The molecular weight excluding hydrogens is 222 g/mol. The van der Waals surface area contributed by atoms with Crippen molar-refractivity contribution in [1.82, 2.24) is 0 Å². The van der Waals surface area contributed by atoms with E-state index in [1.807, 2.05) is 24.3 Å². The predicted molar refractivity (Wildman–Crippen MR) is 76.9 cm³/mol. The molecule has 2 rings (SSSR count). The molecule has 18 heavy (non-hydrogen) atoms. The summed E-state index contributed by atoms with van der Waals surface area (Å²) >= 11 is 0. The number of nitrogens with one attached hydrogen (secondary N) is 1. The molecule has 1 N–H and O–H groups in total. The zero-order chi connectivity index (χ0) is 13.1. The number of benzene rings is 2. The van der Waals surface area contributed by atoms with E-state index in [0.29, 0.717) is 0 Å². The van der Waals surface area contributed by atoms with Gasteiger partial charge in [0, 0.05) is 11.4 Å². The molecule has 0 unspecified atom stereocenters. The highest BCUT2D eigenvalue weighted by atomic mass is 16.5. The van der Waals surface area contributed by atoms with E-state index < -0.39 is 0 Å². The van der Waals surface area contributed by atoms with Crippen LogP contribution in [-0.4, -0.2) is 7.11 Å². The Kier molecular flexibility index (Phi) is 3.56. The van der Waals surface area contributed by atoms with Gasteiger partial charge in [0.2, 0.25) is 0 Å². The summed E-state index contributed by atoms with van der Waals surface area (Å²) in [6.07, 6.45) is 0. The highest BCUT2D eigenvalue weighted by Gasteiger charge is 2.06. The van der Waals surface area contributed by atoms with Crippen molar-refractivity contribution in [2.75, 3.05) is 12.4 Å². The van der Waals surface area contributed by atoms with E-state index in [2.05, 4.69) is 38.2 Å². The van der Waals surface area contributed by atoms with Crippen LogP contribution in [0.1, 0.15) is 16.7 Å². The summed E-state index contributed by atoms with van der Waals surface area (Å²) in [6, 6.07) is 12.4. The van der Waals surface area contributed by atoms with Gasteiger partial charge in [0.25, 0.3) is 0 Å². The first-order valence-electron chi connectivity index (χ1n) is 6.09. The summed E-state index contributed by atoms with van der Waals surface area (Å²) in [4.78, 5) is 0. The van der Waals surface area contributed by atoms with E-state index in [1.165, 1.54) is 16.7 Å². The molecule has 2 aromatic carbocycles. The van der Waals surface area contributed by atoms with Gasteiger partial charge in [-0.25, -0.2) is 0 Å². The van der Waals surface area contributed by atoms with E-state index in [1.54, 1.807) is 7.11 Å². The molecule has 0 heterocycles. The van der Waals surface area contributed by atoms with Crippen molar-refractivity contribution in [3.8, 4) is 5.75 Å². The number of aryl methyl sites for hydroxylation is 3. The van der Waals surface area contributed by atoms with Gasteiger partial charge in [0.1, 0.15) is 5.75 Å². The van der Waals surface area contributed by atoms with Crippen molar-refractivity contribution >= 4 is 11.4 Å². The molecule has 0 fully saturated rings. The Labute approximate surface area is 109 Å². The molecule has 2 heteroatoms. The molecule has 0 saturated heterocycles. The Hall–Kier alpha value is -1.96. The molecule has 94 valence electrons. The van der Waals surface area contributed by atoms with Gasteiger partial charge in [0.05, 0.1) is 7.11 Å². The van der Waals surface area contributed by atoms with Crippen LogP contribution in [0, 0.1) is 20.8 Å². The van der Waals surface area contributed by atoms with Crippen molar-refractivity contribution in [1.29, 1.82) is 0 Å². The van der Waals surface area contributed by atoms with Crippen LogP contribution in [0.15, 0.2) is 36.4 Å². The molecule has 0 spiro atoms. The highest BCUT2D eigenvalue weighted by molar-refractivity contribution is 5.69. The van der Waals surface area contributed by atoms with E-state index >= 15 is 0 Å². The largest absolute Gasteiger partial charge is 0.497 e. The van der Waals surface area contributed by atoms with Gasteiger partial charge in [-0.3, -0.25) is 0 Å². The van der Waals surface area contributed by atoms with Crippen molar-refractivity contribution in [3.63, 3.8) is 0 Å². The van der Waals surface area contributed by atoms with Crippen LogP contribution in [-0.2, 0) is 0 Å². The second kappa shape index (κ2) is 5.13. The maximum absolute atomic E-state index is 5.28. The van der Waals surface area contributed by atoms with Gasteiger partial charge < -0.3 is 10.1 Å². The lowest BCUT2D eigenvalue weighted by atomic mass is 10.1. The fourth-order valence-electron chi connectivity index (χ4n) is 2.09. The summed E-state index contributed by atoms with van der Waals surface area (Å²) in [5, 5.41) is 3.50. The molecular formula is C16H19NO. The first kappa shape index (κ1) is 12.5. The molecule has 0 atom stereocenters. The quantitative estimate of drug-likeness (QED) is 0.861. The molecule has 0 aliphatic carbocycles. The van der Waals surface area contributed by atoms with Gasteiger partial charge >= 0.3 is 0 Å². The van der Waals surface area contributed by atoms with Gasteiger partial charge in [-0.2, -0.15) is 0 Å². The van der Waals surface area contributed by atoms with Crippen LogP contribution in [0.5, 0.6) is 5.75 Å². The van der Waals surface area contributed by atoms with E-state index in [9.17, 15) is 0 Å². The topological polar surface area (TPSA) is 21.3 Å². The van der Waals surface area contributed by atoms with Crippen LogP contribution < -0.4 is 10.1 Å². The molecule has 0 aliphatic heterocycles. The Balaban J connectivity index is 2.38. The lowest BCUT2D eigenvalue weighted by Gasteiger charge is -2.15. The van der Waals surface area contributed by atoms with Crippen molar-refractivity contribution in [2.45, 2.75) is 20.8 Å². The lowest BCUT2D eigenvalue weighted by Crippen LogP contribution is -1.98. The summed E-state index contributed by atoms with van der Waals surface area (Å²) in [6.45, 7) is 6.29. The zero-order valence-corrected chi connectivity index (χ0v) is 11.4. The maximum Gasteiger partial charge on any atom is 0.119 e. The number of para-hydroxylation sites is 1. The molecule has 2 nitrogen and oxygen atoms in total. The van der Waals surface area contributed by atoms with Crippen molar-refractivity contribution < 1.29 is 4.74 Å². The number of anilines is 2. The van der Waals surface area contributed by atoms with Gasteiger partial charge in [-0.1, -0.05) is 18.2 Å². The summed E-state index contributed by atoms with van der Waals surface area (Å²) in [7, 11) is 1.70.